The van der Waals surface area contributed by atoms with Crippen molar-refractivity contribution >= 4 is 32.1 Å². The molecule has 0 saturated heterocycles. The van der Waals surface area contributed by atoms with Crippen LogP contribution in [0.2, 0.25) is 0 Å². The molecule has 0 unspecified atom stereocenters. The molecule has 4 rings (SSSR count). The summed E-state index contributed by atoms with van der Waals surface area (Å²) < 4.78 is 2.66. The van der Waals surface area contributed by atoms with E-state index >= 15 is 0 Å². The van der Waals surface area contributed by atoms with Gasteiger partial charge in [-0.3, -0.25) is 0 Å². The molecule has 1 nitrogen and oxygen atoms in total. The van der Waals surface area contributed by atoms with Gasteiger partial charge in [0.05, 0.1) is 0 Å². The lowest BCUT2D eigenvalue weighted by Gasteiger charge is -2.37. The van der Waals surface area contributed by atoms with Crippen LogP contribution < -0.4 is 0 Å². The molecule has 2 heterocycles. The molecule has 0 aliphatic heterocycles. The van der Waals surface area contributed by atoms with Gasteiger partial charge in [0.25, 0.3) is 0 Å². The largest absolute Gasteiger partial charge is 0.192 e. The molecule has 2 aliphatic rings. The van der Waals surface area contributed by atoms with E-state index in [9.17, 15) is 0 Å². The summed E-state index contributed by atoms with van der Waals surface area (Å²) in [5, 5.41) is 9.05. The van der Waals surface area contributed by atoms with Gasteiger partial charge < -0.3 is 0 Å². The van der Waals surface area contributed by atoms with E-state index in [1.54, 1.807) is 16.2 Å². The van der Waals surface area contributed by atoms with Gasteiger partial charge in [0.15, 0.2) is 0 Å². The maximum Gasteiger partial charge on any atom is 0.110 e. The van der Waals surface area contributed by atoms with Crippen LogP contribution in [0.3, 0.4) is 0 Å². The van der Waals surface area contributed by atoms with E-state index in [0.717, 1.165) is 28.5 Å². The van der Waals surface area contributed by atoms with E-state index in [1.807, 2.05) is 11.3 Å². The predicted octanol–water partition coefficient (Wildman–Crippen LogP) is 8.10. The Labute approximate surface area is 166 Å². The fourth-order valence-electron chi connectivity index (χ4n) is 5.43. The monoisotopic (exact) mass is 385 g/mol. The first kappa shape index (κ1) is 18.5. The molecule has 26 heavy (non-hydrogen) atoms. The first-order chi connectivity index (χ1) is 12.8. The van der Waals surface area contributed by atoms with Crippen LogP contribution in [0.4, 0.5) is 0 Å². The smallest absolute Gasteiger partial charge is 0.110 e. The quantitative estimate of drug-likeness (QED) is 0.510. The molecule has 0 aromatic carbocycles. The van der Waals surface area contributed by atoms with Gasteiger partial charge in [-0.05, 0) is 74.3 Å². The summed E-state index contributed by atoms with van der Waals surface area (Å²) in [4.78, 5) is 2.44. The molecule has 0 spiro atoms. The topological polar surface area (TPSA) is 23.8 Å². The van der Waals surface area contributed by atoms with Gasteiger partial charge in [-0.2, -0.15) is 5.26 Å². The zero-order valence-corrected chi connectivity index (χ0v) is 17.6. The fourth-order valence-corrected chi connectivity index (χ4v) is 7.80. The van der Waals surface area contributed by atoms with Crippen LogP contribution in [0.1, 0.15) is 93.2 Å². The van der Waals surface area contributed by atoms with Crippen molar-refractivity contribution in [1.82, 2.24) is 0 Å². The maximum atomic E-state index is 9.05. The van der Waals surface area contributed by atoms with Crippen molar-refractivity contribution in [3.05, 3.63) is 21.9 Å². The molecule has 3 heteroatoms. The number of thiophene rings is 2. The first-order valence-electron chi connectivity index (χ1n) is 10.7. The summed E-state index contributed by atoms with van der Waals surface area (Å²) in [5.41, 5.74) is 0. The van der Waals surface area contributed by atoms with Crippen LogP contribution in [-0.2, 0) is 0 Å². The lowest BCUT2D eigenvalue weighted by Crippen LogP contribution is -2.25. The Morgan fingerprint density at radius 2 is 1.58 bits per heavy atom. The minimum absolute atomic E-state index is 0.780. The van der Waals surface area contributed by atoms with Crippen LogP contribution in [-0.4, -0.2) is 0 Å². The Morgan fingerprint density at radius 1 is 0.923 bits per heavy atom. The van der Waals surface area contributed by atoms with Crippen LogP contribution in [0.15, 0.2) is 12.1 Å². The Morgan fingerprint density at radius 3 is 2.19 bits per heavy atom. The SMILES string of the molecule is CCCCC1CCC(C2CCC(c3cc4sc(C#N)cc4s3)CC2)CC1. The number of nitriles is 1. The van der Waals surface area contributed by atoms with Crippen molar-refractivity contribution in [2.75, 3.05) is 0 Å². The van der Waals surface area contributed by atoms with E-state index in [1.165, 1.54) is 80.0 Å². The third-order valence-electron chi connectivity index (χ3n) is 7.03. The molecule has 140 valence electrons. The van der Waals surface area contributed by atoms with Gasteiger partial charge in [-0.25, -0.2) is 0 Å². The summed E-state index contributed by atoms with van der Waals surface area (Å²) in [7, 11) is 0. The lowest BCUT2D eigenvalue weighted by atomic mass is 9.68. The zero-order chi connectivity index (χ0) is 17.9. The third-order valence-corrected chi connectivity index (χ3v) is 9.40. The molecule has 0 amide bonds. The summed E-state index contributed by atoms with van der Waals surface area (Å²) in [6.45, 7) is 2.32. The Kier molecular flexibility index (Phi) is 6.01. The number of hydrogen-bond donors (Lipinski definition) is 0. The normalized spacial score (nSPS) is 29.7. The highest BCUT2D eigenvalue weighted by molar-refractivity contribution is 7.28. The number of rotatable bonds is 5. The fraction of sp³-hybridized carbons (Fsp3) is 0.696. The second-order valence-electron chi connectivity index (χ2n) is 8.63. The standard InChI is InChI=1S/C23H31NS2/c1-2-3-4-16-5-7-17(8-6-16)18-9-11-19(12-10-18)21-14-23-22(26-21)13-20(15-24)25-23/h13-14,16-19H,2-12H2,1H3. The molecule has 0 atom stereocenters. The number of hydrogen-bond acceptors (Lipinski definition) is 3. The molecule has 2 aromatic rings. The zero-order valence-electron chi connectivity index (χ0n) is 16.0. The van der Waals surface area contributed by atoms with Crippen molar-refractivity contribution in [1.29, 1.82) is 5.26 Å². The summed E-state index contributed by atoms with van der Waals surface area (Å²) >= 11 is 3.60. The van der Waals surface area contributed by atoms with Gasteiger partial charge in [-0.1, -0.05) is 39.0 Å². The van der Waals surface area contributed by atoms with Gasteiger partial charge >= 0.3 is 0 Å². The third kappa shape index (κ3) is 4.02. The van der Waals surface area contributed by atoms with Crippen molar-refractivity contribution in [2.45, 2.75) is 83.5 Å². The van der Waals surface area contributed by atoms with E-state index in [-0.39, 0.29) is 0 Å². The lowest BCUT2D eigenvalue weighted by molar-refractivity contribution is 0.156. The van der Waals surface area contributed by atoms with E-state index in [4.69, 9.17) is 5.26 Å². The number of fused-ring (bicyclic) bond motifs is 1. The Balaban J connectivity index is 1.28. The van der Waals surface area contributed by atoms with Gasteiger partial charge in [0, 0.05) is 14.3 Å². The molecule has 2 aliphatic carbocycles. The molecule has 2 fully saturated rings. The van der Waals surface area contributed by atoms with Crippen LogP contribution in [0.5, 0.6) is 0 Å². The van der Waals surface area contributed by atoms with Crippen molar-refractivity contribution < 1.29 is 0 Å². The number of unbranched alkanes of at least 4 members (excludes halogenated alkanes) is 1. The Bertz CT molecular complexity index is 717. The second kappa shape index (κ2) is 8.44. The predicted molar refractivity (Wildman–Crippen MR) is 114 cm³/mol. The van der Waals surface area contributed by atoms with Crippen molar-refractivity contribution in [2.24, 2.45) is 17.8 Å². The highest BCUT2D eigenvalue weighted by atomic mass is 32.1. The van der Waals surface area contributed by atoms with E-state index in [2.05, 4.69) is 25.1 Å². The molecule has 0 radical (unpaired) electrons. The highest BCUT2D eigenvalue weighted by Gasteiger charge is 2.31. The minimum atomic E-state index is 0.780. The summed E-state index contributed by atoms with van der Waals surface area (Å²) in [6.07, 6.45) is 16.0. The second-order valence-corrected chi connectivity index (χ2v) is 10.8. The summed E-state index contributed by atoms with van der Waals surface area (Å²) in [5.74, 6) is 3.85. The molecule has 2 aromatic heterocycles. The summed E-state index contributed by atoms with van der Waals surface area (Å²) in [6, 6.07) is 6.75. The molecular weight excluding hydrogens is 354 g/mol. The average molecular weight is 386 g/mol. The number of nitrogens with zero attached hydrogens (tertiary/aromatic N) is 1. The molecule has 0 N–H and O–H groups in total. The van der Waals surface area contributed by atoms with Crippen LogP contribution in [0, 0.1) is 29.1 Å². The van der Waals surface area contributed by atoms with E-state index in [0.29, 0.717) is 0 Å². The van der Waals surface area contributed by atoms with Gasteiger partial charge in [0.2, 0.25) is 0 Å². The van der Waals surface area contributed by atoms with Crippen molar-refractivity contribution in [3.63, 3.8) is 0 Å². The molecule has 0 bridgehead atoms. The first-order valence-corrected chi connectivity index (χ1v) is 12.3. The average Bonchev–Trinajstić information content (AvgIpc) is 3.26. The molecular formula is C23H31NS2. The maximum absolute atomic E-state index is 9.05. The molecule has 2 saturated carbocycles. The van der Waals surface area contributed by atoms with E-state index < -0.39 is 0 Å². The van der Waals surface area contributed by atoms with Crippen LogP contribution >= 0.6 is 22.7 Å². The van der Waals surface area contributed by atoms with Gasteiger partial charge in [0.1, 0.15) is 10.9 Å². The highest BCUT2D eigenvalue weighted by Crippen LogP contribution is 2.47. The van der Waals surface area contributed by atoms with Crippen LogP contribution in [0.25, 0.3) is 9.40 Å². The Hall–Kier alpha value is -0.850. The van der Waals surface area contributed by atoms with Gasteiger partial charge in [-0.15, -0.1) is 22.7 Å². The minimum Gasteiger partial charge on any atom is -0.192 e. The van der Waals surface area contributed by atoms with Crippen molar-refractivity contribution in [3.8, 4) is 6.07 Å².